The summed E-state index contributed by atoms with van der Waals surface area (Å²) in [5.41, 5.74) is 21.6. The molecule has 0 aliphatic heterocycles. The van der Waals surface area contributed by atoms with Crippen LogP contribution in [0.4, 0.5) is 0 Å². The Balaban J connectivity index is 2.94. The van der Waals surface area contributed by atoms with E-state index in [1.165, 1.54) is 24.6 Å². The van der Waals surface area contributed by atoms with Crippen LogP contribution in [0.2, 0.25) is 0 Å². The lowest BCUT2D eigenvalue weighted by Crippen LogP contribution is -2.21. The number of phenolic OH excluding ortho intramolecular Hbond substituents is 1. The van der Waals surface area contributed by atoms with Crippen LogP contribution in [0, 0.1) is 0 Å². The Hall–Kier alpha value is -3.10. The lowest BCUT2D eigenvalue weighted by atomic mass is 10.1. The van der Waals surface area contributed by atoms with Crippen molar-refractivity contribution in [1.29, 1.82) is 0 Å². The molecule has 9 N–H and O–H groups in total. The topological polar surface area (TPSA) is 174 Å². The Bertz CT molecular complexity index is 506. The van der Waals surface area contributed by atoms with E-state index in [1.807, 2.05) is 0 Å². The number of hydrogen-bond acceptors (Lipinski definition) is 5. The maximum atomic E-state index is 9.52. The monoisotopic (exact) mass is 262 g/mol. The van der Waals surface area contributed by atoms with Gasteiger partial charge < -0.3 is 28.0 Å². The fourth-order valence-corrected chi connectivity index (χ4v) is 1.13. The van der Waals surface area contributed by atoms with Gasteiger partial charge in [0.2, 0.25) is 11.9 Å². The molecule has 0 aliphatic carbocycles. The number of hydrogen-bond donors (Lipinski definition) is 5. The molecule has 0 amide bonds. The highest BCUT2D eigenvalue weighted by Crippen LogP contribution is 2.13. The van der Waals surface area contributed by atoms with Gasteiger partial charge in [0.25, 0.3) is 0 Å². The summed E-state index contributed by atoms with van der Waals surface area (Å²) in [7, 11) is 0. The molecule has 1 aromatic rings. The molecule has 19 heavy (non-hydrogen) atoms. The van der Waals surface area contributed by atoms with Gasteiger partial charge in [0.05, 0.1) is 12.4 Å². The number of aromatic hydroxyl groups is 1. The van der Waals surface area contributed by atoms with E-state index >= 15 is 0 Å². The summed E-state index contributed by atoms with van der Waals surface area (Å²) in [4.78, 5) is 0. The third-order valence-electron chi connectivity index (χ3n) is 1.72. The quantitative estimate of drug-likeness (QED) is 0.254. The zero-order valence-electron chi connectivity index (χ0n) is 9.93. The van der Waals surface area contributed by atoms with E-state index in [0.29, 0.717) is 11.1 Å². The minimum Gasteiger partial charge on any atom is -0.508 e. The molecule has 0 unspecified atom stereocenters. The predicted molar refractivity (Wildman–Crippen MR) is 74.9 cm³/mol. The van der Waals surface area contributed by atoms with Crippen molar-refractivity contribution in [3.05, 3.63) is 29.3 Å². The van der Waals surface area contributed by atoms with Gasteiger partial charge >= 0.3 is 0 Å². The molecule has 9 heteroatoms. The SMILES string of the molecule is NC(N)=N/N=C/c1cc(O)cc(/C=N/N=C(N)N)c1. The van der Waals surface area contributed by atoms with E-state index in [0.717, 1.165) is 0 Å². The molecule has 0 atom stereocenters. The zero-order valence-corrected chi connectivity index (χ0v) is 9.93. The molecule has 0 bridgehead atoms. The van der Waals surface area contributed by atoms with Crippen LogP contribution in [-0.4, -0.2) is 29.5 Å². The highest BCUT2D eigenvalue weighted by Gasteiger charge is 1.96. The van der Waals surface area contributed by atoms with Crippen LogP contribution < -0.4 is 22.9 Å². The summed E-state index contributed by atoms with van der Waals surface area (Å²) in [6.45, 7) is 0. The second-order valence-corrected chi connectivity index (χ2v) is 3.40. The number of phenols is 1. The zero-order chi connectivity index (χ0) is 14.3. The number of nitrogens with zero attached hydrogens (tertiary/aromatic N) is 4. The fraction of sp³-hybridized carbons (Fsp3) is 0. The summed E-state index contributed by atoms with van der Waals surface area (Å²) in [6.07, 6.45) is 2.74. The Kier molecular flexibility index (Phi) is 4.84. The lowest BCUT2D eigenvalue weighted by molar-refractivity contribution is 0.475. The van der Waals surface area contributed by atoms with Gasteiger partial charge in [0.1, 0.15) is 5.75 Å². The van der Waals surface area contributed by atoms with Crippen molar-refractivity contribution >= 4 is 24.3 Å². The summed E-state index contributed by atoms with van der Waals surface area (Å²) in [5, 5.41) is 23.6. The minimum absolute atomic E-state index is 0.0276. The Morgan fingerprint density at radius 3 is 1.63 bits per heavy atom. The molecule has 1 aromatic carbocycles. The molecule has 0 radical (unpaired) electrons. The van der Waals surface area contributed by atoms with Gasteiger partial charge in [-0.2, -0.15) is 10.2 Å². The van der Waals surface area contributed by atoms with E-state index in [1.54, 1.807) is 6.07 Å². The summed E-state index contributed by atoms with van der Waals surface area (Å²) in [5.74, 6) is -0.295. The van der Waals surface area contributed by atoms with Crippen LogP contribution in [0.25, 0.3) is 0 Å². The second kappa shape index (κ2) is 6.59. The van der Waals surface area contributed by atoms with E-state index in [-0.39, 0.29) is 17.7 Å². The Morgan fingerprint density at radius 1 is 0.842 bits per heavy atom. The number of benzene rings is 1. The van der Waals surface area contributed by atoms with Crippen molar-refractivity contribution in [2.24, 2.45) is 43.3 Å². The van der Waals surface area contributed by atoms with Crippen LogP contribution in [0.1, 0.15) is 11.1 Å². The molecular formula is C10H14N8O. The van der Waals surface area contributed by atoms with E-state index in [2.05, 4.69) is 20.4 Å². The highest BCUT2D eigenvalue weighted by molar-refractivity contribution is 5.88. The average molecular weight is 262 g/mol. The third-order valence-corrected chi connectivity index (χ3v) is 1.72. The molecule has 1 rings (SSSR count). The van der Waals surface area contributed by atoms with Crippen molar-refractivity contribution in [2.45, 2.75) is 0 Å². The molecule has 0 spiro atoms. The molecule has 0 saturated heterocycles. The van der Waals surface area contributed by atoms with Gasteiger partial charge in [0.15, 0.2) is 0 Å². The van der Waals surface area contributed by atoms with Gasteiger partial charge in [-0.05, 0) is 29.3 Å². The smallest absolute Gasteiger partial charge is 0.211 e. The molecule has 0 aromatic heterocycles. The second-order valence-electron chi connectivity index (χ2n) is 3.40. The largest absolute Gasteiger partial charge is 0.508 e. The van der Waals surface area contributed by atoms with Crippen LogP contribution in [0.5, 0.6) is 5.75 Å². The first-order valence-corrected chi connectivity index (χ1v) is 5.05. The van der Waals surface area contributed by atoms with Crippen molar-refractivity contribution in [1.82, 2.24) is 0 Å². The van der Waals surface area contributed by atoms with E-state index < -0.39 is 0 Å². The summed E-state index contributed by atoms with van der Waals surface area (Å²) >= 11 is 0. The summed E-state index contributed by atoms with van der Waals surface area (Å²) in [6, 6.07) is 4.63. The first-order chi connectivity index (χ1) is 8.97. The van der Waals surface area contributed by atoms with Crippen LogP contribution >= 0.6 is 0 Å². The fourth-order valence-electron chi connectivity index (χ4n) is 1.13. The van der Waals surface area contributed by atoms with E-state index in [4.69, 9.17) is 22.9 Å². The van der Waals surface area contributed by atoms with Gasteiger partial charge in [-0.3, -0.25) is 0 Å². The highest BCUT2D eigenvalue weighted by atomic mass is 16.3. The average Bonchev–Trinajstić information content (AvgIpc) is 2.27. The predicted octanol–water partition coefficient (Wildman–Crippen LogP) is -1.39. The van der Waals surface area contributed by atoms with Gasteiger partial charge in [-0.25, -0.2) is 0 Å². The lowest BCUT2D eigenvalue weighted by Gasteiger charge is -1.98. The molecule has 0 heterocycles. The number of guanidine groups is 2. The maximum Gasteiger partial charge on any atom is 0.211 e. The van der Waals surface area contributed by atoms with Crippen molar-refractivity contribution in [2.75, 3.05) is 0 Å². The Morgan fingerprint density at radius 2 is 1.26 bits per heavy atom. The van der Waals surface area contributed by atoms with Gasteiger partial charge in [-0.1, -0.05) is 0 Å². The van der Waals surface area contributed by atoms with Crippen molar-refractivity contribution in [3.63, 3.8) is 0 Å². The van der Waals surface area contributed by atoms with Crippen LogP contribution in [0.15, 0.2) is 38.6 Å². The first kappa shape index (κ1) is 14.0. The Labute approximate surface area is 109 Å². The molecule has 0 aliphatic rings. The molecule has 100 valence electrons. The van der Waals surface area contributed by atoms with Gasteiger partial charge in [-0.15, -0.1) is 10.2 Å². The minimum atomic E-state index is -0.161. The first-order valence-electron chi connectivity index (χ1n) is 5.05. The normalized spacial score (nSPS) is 10.7. The van der Waals surface area contributed by atoms with Crippen molar-refractivity contribution in [3.8, 4) is 5.75 Å². The van der Waals surface area contributed by atoms with E-state index in [9.17, 15) is 5.11 Å². The number of rotatable bonds is 4. The standard InChI is InChI=1S/C10H14N8O/c11-9(12)17-15-4-6-1-7(3-8(19)2-6)5-16-18-10(13)14/h1-5,19H,(H4,11,12,17)(H4,13,14,18)/b15-4+,16-5+. The number of nitrogens with two attached hydrogens (primary N) is 4. The molecular weight excluding hydrogens is 248 g/mol. The van der Waals surface area contributed by atoms with Crippen LogP contribution in [-0.2, 0) is 0 Å². The van der Waals surface area contributed by atoms with Crippen molar-refractivity contribution < 1.29 is 5.11 Å². The molecule has 0 fully saturated rings. The molecule has 9 nitrogen and oxygen atoms in total. The molecule has 0 saturated carbocycles. The summed E-state index contributed by atoms with van der Waals surface area (Å²) < 4.78 is 0. The van der Waals surface area contributed by atoms with Gasteiger partial charge in [0, 0.05) is 0 Å². The third kappa shape index (κ3) is 5.68. The maximum absolute atomic E-state index is 9.52. The van der Waals surface area contributed by atoms with Crippen LogP contribution in [0.3, 0.4) is 0 Å².